The highest BCUT2D eigenvalue weighted by Gasteiger charge is 2.26. The van der Waals surface area contributed by atoms with Gasteiger partial charge in [0.1, 0.15) is 6.23 Å². The molecule has 190 valence electrons. The Balaban J connectivity index is 2.08. The molecule has 6 heteroatoms. The molecule has 3 atom stereocenters. The van der Waals surface area contributed by atoms with E-state index >= 15 is 0 Å². The number of allylic oxidation sites excluding steroid dienone is 5. The lowest BCUT2D eigenvalue weighted by Crippen LogP contribution is -2.37. The second kappa shape index (κ2) is 14.5. The molecule has 0 radical (unpaired) electrons. The first-order valence-electron chi connectivity index (χ1n) is 12.6. The molecule has 1 aromatic rings. The predicted octanol–water partition coefficient (Wildman–Crippen LogP) is 5.96. The van der Waals surface area contributed by atoms with Gasteiger partial charge in [0.05, 0.1) is 17.1 Å². The van der Waals surface area contributed by atoms with Crippen molar-refractivity contribution in [2.24, 2.45) is 16.8 Å². The number of aryl methyl sites for hydroxylation is 1. The molecule has 0 spiro atoms. The van der Waals surface area contributed by atoms with E-state index in [0.717, 1.165) is 36.1 Å². The zero-order chi connectivity index (χ0) is 25.8. The number of nitrogens with one attached hydrogen (secondary N) is 2. The fraction of sp³-hybridized carbons (Fsp3) is 0.483. The molecule has 0 aromatic heterocycles. The Kier molecular flexibility index (Phi) is 11.8. The Morgan fingerprint density at radius 3 is 2.63 bits per heavy atom. The monoisotopic (exact) mass is 479 g/mol. The van der Waals surface area contributed by atoms with Crippen LogP contribution in [0.2, 0.25) is 0 Å². The van der Waals surface area contributed by atoms with Crippen LogP contribution in [0.4, 0.5) is 0 Å². The van der Waals surface area contributed by atoms with Crippen molar-refractivity contribution >= 4 is 17.4 Å². The van der Waals surface area contributed by atoms with E-state index in [-0.39, 0.29) is 18.3 Å². The normalized spacial score (nSPS) is 18.4. The van der Waals surface area contributed by atoms with Gasteiger partial charge in [-0.25, -0.2) is 0 Å². The minimum absolute atomic E-state index is 0.0768. The van der Waals surface area contributed by atoms with Crippen molar-refractivity contribution in [3.8, 4) is 0 Å². The summed E-state index contributed by atoms with van der Waals surface area (Å²) in [6.45, 7) is 10.9. The number of rotatable bonds is 14. The highest BCUT2D eigenvalue weighted by Crippen LogP contribution is 2.27. The number of unbranched alkanes of at least 4 members (excludes halogenated alkanes) is 1. The first-order chi connectivity index (χ1) is 16.7. The molecule has 0 bridgehead atoms. The van der Waals surface area contributed by atoms with Crippen LogP contribution in [0.25, 0.3) is 0 Å². The first-order valence-corrected chi connectivity index (χ1v) is 12.6. The van der Waals surface area contributed by atoms with Crippen molar-refractivity contribution in [3.63, 3.8) is 0 Å². The van der Waals surface area contributed by atoms with E-state index in [4.69, 9.17) is 15.5 Å². The lowest BCUT2D eigenvalue weighted by Gasteiger charge is -2.27. The Bertz CT molecular complexity index is 960. The van der Waals surface area contributed by atoms with Crippen molar-refractivity contribution < 1.29 is 15.0 Å². The van der Waals surface area contributed by atoms with Gasteiger partial charge >= 0.3 is 5.97 Å². The van der Waals surface area contributed by atoms with E-state index in [9.17, 15) is 9.90 Å². The van der Waals surface area contributed by atoms with Crippen molar-refractivity contribution in [1.82, 2.24) is 5.32 Å². The van der Waals surface area contributed by atoms with Gasteiger partial charge in [-0.2, -0.15) is 0 Å². The first kappa shape index (κ1) is 28.4. The highest BCUT2D eigenvalue weighted by atomic mass is 16.4. The van der Waals surface area contributed by atoms with Crippen LogP contribution in [0.5, 0.6) is 0 Å². The fourth-order valence-electron chi connectivity index (χ4n) is 4.33. The molecule has 0 saturated carbocycles. The van der Waals surface area contributed by atoms with Crippen molar-refractivity contribution in [2.45, 2.75) is 78.5 Å². The SMILES string of the molecule is C=C(C=CC)C(=NC1=CCC(C(O)NCc2ccc(C)cc2)CC1=N)C(CC)CCCCC(=O)O. The molecular weight excluding hydrogens is 438 g/mol. The number of hydrogen-bond acceptors (Lipinski definition) is 5. The zero-order valence-corrected chi connectivity index (χ0v) is 21.4. The molecule has 35 heavy (non-hydrogen) atoms. The number of hydrogen-bond donors (Lipinski definition) is 4. The second-order valence-electron chi connectivity index (χ2n) is 9.35. The van der Waals surface area contributed by atoms with E-state index in [1.807, 2.05) is 32.1 Å². The number of aliphatic imine (C=N–C) groups is 1. The third kappa shape index (κ3) is 9.38. The molecule has 0 aliphatic heterocycles. The van der Waals surface area contributed by atoms with Gasteiger partial charge in [-0.1, -0.05) is 68.0 Å². The topological polar surface area (TPSA) is 106 Å². The number of nitrogens with zero attached hydrogens (tertiary/aromatic N) is 1. The lowest BCUT2D eigenvalue weighted by atomic mass is 9.87. The number of aliphatic hydroxyl groups excluding tert-OH is 1. The smallest absolute Gasteiger partial charge is 0.303 e. The van der Waals surface area contributed by atoms with Gasteiger partial charge in [0.15, 0.2) is 0 Å². The highest BCUT2D eigenvalue weighted by molar-refractivity contribution is 6.08. The van der Waals surface area contributed by atoms with E-state index in [2.05, 4.69) is 43.1 Å². The Morgan fingerprint density at radius 2 is 2.03 bits per heavy atom. The standard InChI is InChI=1S/C29H41N3O3/c1-5-9-21(4)28(23(6-2)10-7-8-11-27(33)34)32-26-17-16-24(18-25(26)30)29(35)31-19-22-14-12-20(3)13-15-22/h5,9,12-15,17,23-24,29-31,35H,4,6-8,10-11,16,18-19H2,1-3H3,(H,33,34). The van der Waals surface area contributed by atoms with Crippen LogP contribution in [-0.2, 0) is 11.3 Å². The van der Waals surface area contributed by atoms with Crippen LogP contribution in [0.1, 0.15) is 69.9 Å². The third-order valence-electron chi connectivity index (χ3n) is 6.48. The van der Waals surface area contributed by atoms with Gasteiger partial charge in [-0.05, 0) is 57.1 Å². The summed E-state index contributed by atoms with van der Waals surface area (Å²) in [5, 5.41) is 31.4. The number of carboxylic acid groups (broad SMARTS) is 1. The summed E-state index contributed by atoms with van der Waals surface area (Å²) in [4.78, 5) is 15.7. The zero-order valence-electron chi connectivity index (χ0n) is 21.4. The van der Waals surface area contributed by atoms with Crippen LogP contribution >= 0.6 is 0 Å². The number of benzene rings is 1. The maximum atomic E-state index is 10.8. The number of aliphatic hydroxyl groups is 1. The average molecular weight is 480 g/mol. The van der Waals surface area contributed by atoms with E-state index in [0.29, 0.717) is 37.2 Å². The van der Waals surface area contributed by atoms with Crippen LogP contribution < -0.4 is 5.32 Å². The fourth-order valence-corrected chi connectivity index (χ4v) is 4.33. The molecule has 0 fully saturated rings. The number of carbonyl (C=O) groups is 1. The van der Waals surface area contributed by atoms with Crippen molar-refractivity contribution in [1.29, 1.82) is 5.41 Å². The van der Waals surface area contributed by atoms with Crippen LogP contribution in [0.15, 0.2) is 65.3 Å². The molecule has 1 aromatic carbocycles. The van der Waals surface area contributed by atoms with Gasteiger partial charge < -0.3 is 15.6 Å². The quantitative estimate of drug-likeness (QED) is 0.114. The van der Waals surface area contributed by atoms with Crippen LogP contribution in [0.3, 0.4) is 0 Å². The molecule has 0 heterocycles. The summed E-state index contributed by atoms with van der Waals surface area (Å²) in [6, 6.07) is 8.22. The summed E-state index contributed by atoms with van der Waals surface area (Å²) in [6.07, 6.45) is 9.55. The minimum atomic E-state index is -0.767. The van der Waals surface area contributed by atoms with E-state index < -0.39 is 12.2 Å². The molecule has 2 rings (SSSR count). The maximum Gasteiger partial charge on any atom is 0.303 e. The molecule has 6 nitrogen and oxygen atoms in total. The van der Waals surface area contributed by atoms with Gasteiger partial charge in [0.2, 0.25) is 0 Å². The summed E-state index contributed by atoms with van der Waals surface area (Å²) < 4.78 is 0. The third-order valence-corrected chi connectivity index (χ3v) is 6.48. The molecule has 1 aliphatic carbocycles. The van der Waals surface area contributed by atoms with Gasteiger partial charge in [-0.3, -0.25) is 15.1 Å². The molecular formula is C29H41N3O3. The molecule has 0 amide bonds. The number of carboxylic acids is 1. The van der Waals surface area contributed by atoms with Crippen LogP contribution in [-0.4, -0.2) is 33.8 Å². The number of aliphatic carboxylic acids is 1. The Labute approximate surface area is 210 Å². The minimum Gasteiger partial charge on any atom is -0.481 e. The van der Waals surface area contributed by atoms with E-state index in [1.165, 1.54) is 5.56 Å². The van der Waals surface area contributed by atoms with Crippen molar-refractivity contribution in [3.05, 3.63) is 71.5 Å². The maximum absolute atomic E-state index is 10.8. The summed E-state index contributed by atoms with van der Waals surface area (Å²) >= 11 is 0. The van der Waals surface area contributed by atoms with E-state index in [1.54, 1.807) is 0 Å². The van der Waals surface area contributed by atoms with Gasteiger partial charge in [0, 0.05) is 24.8 Å². The lowest BCUT2D eigenvalue weighted by molar-refractivity contribution is -0.137. The summed E-state index contributed by atoms with van der Waals surface area (Å²) in [7, 11) is 0. The Morgan fingerprint density at radius 1 is 1.31 bits per heavy atom. The molecule has 1 aliphatic rings. The summed E-state index contributed by atoms with van der Waals surface area (Å²) in [5.74, 6) is -0.691. The largest absolute Gasteiger partial charge is 0.481 e. The van der Waals surface area contributed by atoms with Gasteiger partial charge in [-0.15, -0.1) is 0 Å². The van der Waals surface area contributed by atoms with Crippen LogP contribution in [0, 0.1) is 24.2 Å². The molecule has 0 saturated heterocycles. The molecule has 3 unspecified atom stereocenters. The molecule has 4 N–H and O–H groups in total. The predicted molar refractivity (Wildman–Crippen MR) is 144 cm³/mol. The van der Waals surface area contributed by atoms with Crippen molar-refractivity contribution in [2.75, 3.05) is 0 Å². The second-order valence-corrected chi connectivity index (χ2v) is 9.35. The van der Waals surface area contributed by atoms with Gasteiger partial charge in [0.25, 0.3) is 0 Å². The summed E-state index contributed by atoms with van der Waals surface area (Å²) in [5.41, 5.74) is 5.08. The average Bonchev–Trinajstić information content (AvgIpc) is 2.83. The Hall–Kier alpha value is -2.83.